The fraction of sp³-hybridized carbons (Fsp3) is 0.333. The Balaban J connectivity index is 1.91. The highest BCUT2D eigenvalue weighted by Gasteiger charge is 2.38. The lowest BCUT2D eigenvalue weighted by molar-refractivity contribution is 0.403. The van der Waals surface area contributed by atoms with Crippen LogP contribution in [0.3, 0.4) is 0 Å². The molecule has 2 aromatic rings. The predicted octanol–water partition coefficient (Wildman–Crippen LogP) is 3.82. The molecule has 0 atom stereocenters. The zero-order valence-electron chi connectivity index (χ0n) is 9.95. The monoisotopic (exact) mass is 333 g/mol. The van der Waals surface area contributed by atoms with Crippen LogP contribution in [-0.2, 0) is 16.6 Å². The van der Waals surface area contributed by atoms with Gasteiger partial charge in [0.25, 0.3) is 10.0 Å². The Morgan fingerprint density at radius 2 is 2.11 bits per heavy atom. The van der Waals surface area contributed by atoms with Crippen molar-refractivity contribution in [1.29, 1.82) is 0 Å². The number of rotatable bonds is 5. The van der Waals surface area contributed by atoms with Crippen molar-refractivity contribution in [2.45, 2.75) is 29.6 Å². The van der Waals surface area contributed by atoms with Crippen molar-refractivity contribution >= 4 is 44.3 Å². The van der Waals surface area contributed by atoms with Crippen LogP contribution in [0.1, 0.15) is 17.7 Å². The summed E-state index contributed by atoms with van der Waals surface area (Å²) in [7, 11) is -3.42. The van der Waals surface area contributed by atoms with E-state index in [1.807, 2.05) is 17.5 Å². The number of nitrogens with zero attached hydrogens (tertiary/aromatic N) is 1. The topological polar surface area (TPSA) is 37.4 Å². The van der Waals surface area contributed by atoms with Gasteiger partial charge in [0, 0.05) is 17.5 Å². The molecular formula is C12H12ClNO2S3. The van der Waals surface area contributed by atoms with Crippen LogP contribution in [0, 0.1) is 0 Å². The van der Waals surface area contributed by atoms with Gasteiger partial charge in [-0.2, -0.15) is 4.31 Å². The Bertz CT molecular complexity index is 659. The minimum absolute atomic E-state index is 0.146. The Labute approximate surface area is 125 Å². The zero-order chi connectivity index (χ0) is 13.5. The molecule has 1 fully saturated rings. The van der Waals surface area contributed by atoms with Crippen LogP contribution in [0.5, 0.6) is 0 Å². The highest BCUT2D eigenvalue weighted by atomic mass is 35.5. The van der Waals surface area contributed by atoms with E-state index in [9.17, 15) is 8.42 Å². The molecule has 1 saturated carbocycles. The third-order valence-electron chi connectivity index (χ3n) is 2.96. The summed E-state index contributed by atoms with van der Waals surface area (Å²) in [6.07, 6.45) is 1.90. The van der Waals surface area contributed by atoms with Crippen molar-refractivity contribution in [3.05, 3.63) is 38.9 Å². The summed E-state index contributed by atoms with van der Waals surface area (Å²) >= 11 is 8.55. The van der Waals surface area contributed by atoms with Gasteiger partial charge in [0.15, 0.2) is 0 Å². The number of hydrogen-bond acceptors (Lipinski definition) is 4. The van der Waals surface area contributed by atoms with Gasteiger partial charge in [-0.1, -0.05) is 17.7 Å². The molecule has 0 aliphatic heterocycles. The lowest BCUT2D eigenvalue weighted by Crippen LogP contribution is -2.31. The van der Waals surface area contributed by atoms with Crippen LogP contribution in [0.25, 0.3) is 0 Å². The molecule has 0 radical (unpaired) electrons. The van der Waals surface area contributed by atoms with E-state index in [-0.39, 0.29) is 6.04 Å². The summed E-state index contributed by atoms with van der Waals surface area (Å²) in [5.74, 6) is 0. The second kappa shape index (κ2) is 5.18. The molecule has 19 heavy (non-hydrogen) atoms. The standard InChI is InChI=1S/C12H12ClNO2S3/c13-11-5-6-12(18-11)19(15,16)14(9-3-4-9)8-10-2-1-7-17-10/h1-2,5-7,9H,3-4,8H2. The molecule has 0 aromatic carbocycles. The van der Waals surface area contributed by atoms with E-state index in [1.54, 1.807) is 27.8 Å². The van der Waals surface area contributed by atoms with Crippen LogP contribution in [0.15, 0.2) is 33.9 Å². The van der Waals surface area contributed by atoms with Gasteiger partial charge in [0.1, 0.15) is 4.21 Å². The molecule has 0 bridgehead atoms. The van der Waals surface area contributed by atoms with Gasteiger partial charge in [0.2, 0.25) is 0 Å². The van der Waals surface area contributed by atoms with Crippen molar-refractivity contribution in [1.82, 2.24) is 4.31 Å². The average Bonchev–Trinajstić information content (AvgIpc) is 2.88. The molecule has 7 heteroatoms. The third kappa shape index (κ3) is 2.87. The van der Waals surface area contributed by atoms with E-state index in [2.05, 4.69) is 0 Å². The second-order valence-corrected chi connectivity index (χ2v) is 9.28. The average molecular weight is 334 g/mol. The van der Waals surface area contributed by atoms with E-state index < -0.39 is 10.0 Å². The number of sulfonamides is 1. The Kier molecular flexibility index (Phi) is 3.70. The van der Waals surface area contributed by atoms with Crippen LogP contribution in [-0.4, -0.2) is 18.8 Å². The Morgan fingerprint density at radius 3 is 2.63 bits per heavy atom. The minimum Gasteiger partial charge on any atom is -0.206 e. The van der Waals surface area contributed by atoms with Crippen molar-refractivity contribution in [3.8, 4) is 0 Å². The fourth-order valence-corrected chi connectivity index (χ4v) is 5.94. The van der Waals surface area contributed by atoms with Gasteiger partial charge in [0.05, 0.1) is 4.34 Å². The van der Waals surface area contributed by atoms with Gasteiger partial charge < -0.3 is 0 Å². The van der Waals surface area contributed by atoms with Crippen LogP contribution in [0.4, 0.5) is 0 Å². The maximum absolute atomic E-state index is 12.6. The largest absolute Gasteiger partial charge is 0.253 e. The van der Waals surface area contributed by atoms with Gasteiger partial charge in [-0.3, -0.25) is 0 Å². The SMILES string of the molecule is O=S(=O)(c1ccc(Cl)s1)N(Cc1cccs1)C1CC1. The number of thiophene rings is 2. The van der Waals surface area contributed by atoms with Gasteiger partial charge >= 0.3 is 0 Å². The molecule has 2 heterocycles. The smallest absolute Gasteiger partial charge is 0.206 e. The quantitative estimate of drug-likeness (QED) is 0.834. The van der Waals surface area contributed by atoms with Gasteiger partial charge in [-0.25, -0.2) is 8.42 Å². The molecule has 1 aliphatic rings. The number of hydrogen-bond donors (Lipinski definition) is 0. The molecule has 3 nitrogen and oxygen atoms in total. The zero-order valence-corrected chi connectivity index (χ0v) is 13.2. The molecule has 0 amide bonds. The minimum atomic E-state index is -3.42. The van der Waals surface area contributed by atoms with E-state index in [0.717, 1.165) is 29.1 Å². The van der Waals surface area contributed by atoms with Crippen LogP contribution in [0.2, 0.25) is 4.34 Å². The van der Waals surface area contributed by atoms with E-state index in [0.29, 0.717) is 15.1 Å². The first-order valence-corrected chi connectivity index (χ1v) is 9.38. The fourth-order valence-electron chi connectivity index (χ4n) is 1.88. The molecule has 0 saturated heterocycles. The summed E-state index contributed by atoms with van der Waals surface area (Å²) in [5, 5.41) is 1.97. The summed E-state index contributed by atoms with van der Waals surface area (Å²) in [5.41, 5.74) is 0. The van der Waals surface area contributed by atoms with Crippen molar-refractivity contribution < 1.29 is 8.42 Å². The molecule has 3 rings (SSSR count). The Morgan fingerprint density at radius 1 is 1.32 bits per heavy atom. The van der Waals surface area contributed by atoms with E-state index >= 15 is 0 Å². The summed E-state index contributed by atoms with van der Waals surface area (Å²) in [6.45, 7) is 0.459. The lowest BCUT2D eigenvalue weighted by atomic mass is 10.4. The molecule has 0 N–H and O–H groups in total. The second-order valence-electron chi connectivity index (χ2n) is 4.42. The van der Waals surface area contributed by atoms with Crippen molar-refractivity contribution in [2.24, 2.45) is 0 Å². The highest BCUT2D eigenvalue weighted by molar-refractivity contribution is 7.91. The maximum atomic E-state index is 12.6. The van der Waals surface area contributed by atoms with Crippen LogP contribution >= 0.6 is 34.3 Å². The predicted molar refractivity (Wildman–Crippen MR) is 79.4 cm³/mol. The van der Waals surface area contributed by atoms with Crippen molar-refractivity contribution in [2.75, 3.05) is 0 Å². The molecule has 2 aromatic heterocycles. The molecule has 0 unspecified atom stereocenters. The lowest BCUT2D eigenvalue weighted by Gasteiger charge is -2.20. The normalized spacial score (nSPS) is 16.1. The summed E-state index contributed by atoms with van der Waals surface area (Å²) < 4.78 is 27.7. The first-order valence-electron chi connectivity index (χ1n) is 5.87. The molecular weight excluding hydrogens is 322 g/mol. The van der Waals surface area contributed by atoms with E-state index in [4.69, 9.17) is 11.6 Å². The molecule has 1 aliphatic carbocycles. The Hall–Kier alpha value is -0.400. The first kappa shape index (κ1) is 13.6. The number of halogens is 1. The summed E-state index contributed by atoms with van der Waals surface area (Å²) in [4.78, 5) is 1.07. The first-order chi connectivity index (χ1) is 9.07. The van der Waals surface area contributed by atoms with Crippen LogP contribution < -0.4 is 0 Å². The van der Waals surface area contributed by atoms with Crippen molar-refractivity contribution in [3.63, 3.8) is 0 Å². The van der Waals surface area contributed by atoms with Gasteiger partial charge in [-0.05, 0) is 36.4 Å². The summed E-state index contributed by atoms with van der Waals surface area (Å²) in [6, 6.07) is 7.28. The van der Waals surface area contributed by atoms with E-state index in [1.165, 1.54) is 0 Å². The molecule has 102 valence electrons. The third-order valence-corrected chi connectivity index (χ3v) is 7.42. The highest BCUT2D eigenvalue weighted by Crippen LogP contribution is 2.36. The maximum Gasteiger partial charge on any atom is 0.253 e. The van der Waals surface area contributed by atoms with Gasteiger partial charge in [-0.15, -0.1) is 22.7 Å². The molecule has 0 spiro atoms.